The number of methoxy groups -OCH3 is 2. The Morgan fingerprint density at radius 2 is 1.96 bits per heavy atom. The number of amides is 2. The molecule has 1 aliphatic carbocycles. The Kier molecular flexibility index (Phi) is 7.22. The summed E-state index contributed by atoms with van der Waals surface area (Å²) < 4.78 is 15.3. The molecule has 0 aromatic heterocycles. The lowest BCUT2D eigenvalue weighted by molar-refractivity contribution is -0.136. The molecule has 1 aromatic rings. The third kappa shape index (κ3) is 6.65. The van der Waals surface area contributed by atoms with Crippen LogP contribution in [0.15, 0.2) is 24.3 Å². The van der Waals surface area contributed by atoms with E-state index in [1.165, 1.54) is 25.2 Å². The van der Waals surface area contributed by atoms with Crippen LogP contribution in [0, 0.1) is 0 Å². The molecule has 0 bridgehead atoms. The van der Waals surface area contributed by atoms with Crippen LogP contribution in [0.2, 0.25) is 0 Å². The third-order valence-electron chi connectivity index (χ3n) is 3.90. The zero-order valence-electron chi connectivity index (χ0n) is 15.7. The predicted octanol–water partition coefficient (Wildman–Crippen LogP) is 0.997. The normalized spacial score (nSPS) is 13.1. The summed E-state index contributed by atoms with van der Waals surface area (Å²) in [7, 11) is 4.33. The second kappa shape index (κ2) is 9.61. The smallest absolute Gasteiger partial charge is 0.330 e. The van der Waals surface area contributed by atoms with E-state index in [1.807, 2.05) is 0 Å². The van der Waals surface area contributed by atoms with Crippen molar-refractivity contribution >= 4 is 23.9 Å². The number of nitrogens with zero attached hydrogens (tertiary/aromatic N) is 1. The number of hydrogen-bond donors (Lipinski definition) is 1. The molecule has 0 unspecified atom stereocenters. The maximum atomic E-state index is 12.1. The number of rotatable bonds is 9. The van der Waals surface area contributed by atoms with Gasteiger partial charge in [-0.3, -0.25) is 9.59 Å². The highest BCUT2D eigenvalue weighted by Gasteiger charge is 2.24. The first-order valence-corrected chi connectivity index (χ1v) is 8.53. The number of nitrogens with one attached hydrogen (secondary N) is 1. The molecule has 8 heteroatoms. The van der Waals surface area contributed by atoms with Crippen LogP contribution in [-0.4, -0.2) is 63.1 Å². The Morgan fingerprint density at radius 1 is 1.22 bits per heavy atom. The van der Waals surface area contributed by atoms with Crippen LogP contribution in [0.3, 0.4) is 0 Å². The summed E-state index contributed by atoms with van der Waals surface area (Å²) in [5.74, 6) is -0.153. The van der Waals surface area contributed by atoms with E-state index < -0.39 is 5.97 Å². The van der Waals surface area contributed by atoms with Crippen molar-refractivity contribution in [2.75, 3.05) is 34.4 Å². The number of esters is 1. The van der Waals surface area contributed by atoms with Crippen molar-refractivity contribution in [2.24, 2.45) is 0 Å². The van der Waals surface area contributed by atoms with Crippen molar-refractivity contribution in [2.45, 2.75) is 18.9 Å². The highest BCUT2D eigenvalue weighted by molar-refractivity contribution is 5.87. The quantitative estimate of drug-likeness (QED) is 0.510. The van der Waals surface area contributed by atoms with Gasteiger partial charge in [0.25, 0.3) is 5.91 Å². The summed E-state index contributed by atoms with van der Waals surface area (Å²) in [4.78, 5) is 36.4. The molecule has 0 atom stereocenters. The lowest BCUT2D eigenvalue weighted by atomic mass is 10.2. The molecule has 27 heavy (non-hydrogen) atoms. The van der Waals surface area contributed by atoms with E-state index in [-0.39, 0.29) is 31.0 Å². The van der Waals surface area contributed by atoms with Gasteiger partial charge < -0.3 is 24.4 Å². The highest BCUT2D eigenvalue weighted by Crippen LogP contribution is 2.28. The van der Waals surface area contributed by atoms with Crippen LogP contribution in [0.5, 0.6) is 11.5 Å². The second-order valence-electron chi connectivity index (χ2n) is 6.15. The van der Waals surface area contributed by atoms with E-state index in [0.29, 0.717) is 17.1 Å². The number of ether oxygens (including phenoxy) is 3. The van der Waals surface area contributed by atoms with Gasteiger partial charge in [-0.1, -0.05) is 6.07 Å². The van der Waals surface area contributed by atoms with Gasteiger partial charge in [0.1, 0.15) is 0 Å². The van der Waals surface area contributed by atoms with Crippen molar-refractivity contribution in [1.82, 2.24) is 10.2 Å². The molecule has 1 aromatic carbocycles. The first kappa shape index (κ1) is 20.3. The largest absolute Gasteiger partial charge is 0.493 e. The molecule has 2 amide bonds. The molecule has 0 radical (unpaired) electrons. The Balaban J connectivity index is 1.89. The summed E-state index contributed by atoms with van der Waals surface area (Å²) in [5, 5.41) is 2.83. The number of carbonyl (C=O) groups excluding carboxylic acids is 3. The van der Waals surface area contributed by atoms with Crippen LogP contribution in [0.1, 0.15) is 18.4 Å². The third-order valence-corrected chi connectivity index (χ3v) is 3.90. The summed E-state index contributed by atoms with van der Waals surface area (Å²) in [5.41, 5.74) is 0.713. The first-order chi connectivity index (χ1) is 12.9. The van der Waals surface area contributed by atoms with Crippen LogP contribution >= 0.6 is 0 Å². The maximum absolute atomic E-state index is 12.1. The van der Waals surface area contributed by atoms with Gasteiger partial charge in [0.2, 0.25) is 5.91 Å². The Bertz CT molecular complexity index is 727. The monoisotopic (exact) mass is 376 g/mol. The fourth-order valence-corrected chi connectivity index (χ4v) is 2.19. The molecule has 2 rings (SSSR count). The molecule has 1 N–H and O–H groups in total. The van der Waals surface area contributed by atoms with Gasteiger partial charge in [-0.2, -0.15) is 0 Å². The zero-order valence-corrected chi connectivity index (χ0v) is 15.7. The number of benzene rings is 1. The summed E-state index contributed by atoms with van der Waals surface area (Å²) in [6, 6.07) is 5.29. The van der Waals surface area contributed by atoms with Gasteiger partial charge in [0.05, 0.1) is 20.8 Å². The minimum Gasteiger partial charge on any atom is -0.493 e. The average molecular weight is 376 g/mol. The van der Waals surface area contributed by atoms with E-state index in [9.17, 15) is 14.4 Å². The summed E-state index contributed by atoms with van der Waals surface area (Å²) in [6.45, 7) is -0.228. The Hall–Kier alpha value is -3.03. The highest BCUT2D eigenvalue weighted by atomic mass is 16.5. The van der Waals surface area contributed by atoms with E-state index >= 15 is 0 Å². The van der Waals surface area contributed by atoms with Crippen LogP contribution in [-0.2, 0) is 19.1 Å². The molecule has 1 saturated carbocycles. The molecule has 0 spiro atoms. The topological polar surface area (TPSA) is 94.2 Å². The van der Waals surface area contributed by atoms with E-state index in [4.69, 9.17) is 9.47 Å². The minimum absolute atomic E-state index is 0.00686. The molecule has 0 heterocycles. The zero-order chi connectivity index (χ0) is 19.8. The average Bonchev–Trinajstić information content (AvgIpc) is 3.47. The fraction of sp³-hybridized carbons (Fsp3) is 0.421. The molecule has 0 aliphatic heterocycles. The van der Waals surface area contributed by atoms with E-state index in [2.05, 4.69) is 10.1 Å². The van der Waals surface area contributed by atoms with Gasteiger partial charge in [-0.05, 0) is 36.6 Å². The van der Waals surface area contributed by atoms with Crippen molar-refractivity contribution in [3.63, 3.8) is 0 Å². The maximum Gasteiger partial charge on any atom is 0.330 e. The first-order valence-electron chi connectivity index (χ1n) is 8.53. The number of hydrogen-bond acceptors (Lipinski definition) is 6. The number of carbonyl (C=O) groups is 3. The van der Waals surface area contributed by atoms with Crippen molar-refractivity contribution in [3.05, 3.63) is 29.8 Å². The molecule has 1 aliphatic rings. The molecular formula is C19H24N2O6. The minimum atomic E-state index is -0.464. The van der Waals surface area contributed by atoms with Crippen LogP contribution < -0.4 is 14.8 Å². The molecule has 8 nitrogen and oxygen atoms in total. The van der Waals surface area contributed by atoms with Crippen molar-refractivity contribution < 1.29 is 28.6 Å². The van der Waals surface area contributed by atoms with E-state index in [0.717, 1.165) is 12.8 Å². The van der Waals surface area contributed by atoms with E-state index in [1.54, 1.807) is 31.3 Å². The molecule has 146 valence electrons. The number of likely N-dealkylation sites (N-methyl/N-ethyl adjacent to an activating group) is 1. The van der Waals surface area contributed by atoms with Crippen molar-refractivity contribution in [1.29, 1.82) is 0 Å². The van der Waals surface area contributed by atoms with Crippen molar-refractivity contribution in [3.8, 4) is 11.5 Å². The lowest BCUT2D eigenvalue weighted by Crippen LogP contribution is -2.40. The van der Waals surface area contributed by atoms with Gasteiger partial charge in [-0.25, -0.2) is 4.79 Å². The van der Waals surface area contributed by atoms with Gasteiger partial charge in [0.15, 0.2) is 18.1 Å². The molecular weight excluding hydrogens is 352 g/mol. The molecule has 0 saturated heterocycles. The Labute approximate surface area is 158 Å². The predicted molar refractivity (Wildman–Crippen MR) is 98.3 cm³/mol. The second-order valence-corrected chi connectivity index (χ2v) is 6.15. The molecule has 1 fully saturated rings. The standard InChI is InChI=1S/C19H24N2O6/c1-21(11-17(22)20-14-6-7-14)18(23)12-27-15-8-4-13(10-16(15)25-2)5-9-19(24)26-3/h4-5,8-10,14H,6-7,11-12H2,1-3H3,(H,20,22)/b9-5+. The van der Waals surface area contributed by atoms with Crippen LogP contribution in [0.4, 0.5) is 0 Å². The summed E-state index contributed by atoms with van der Waals surface area (Å²) >= 11 is 0. The summed E-state index contributed by atoms with van der Waals surface area (Å²) in [6.07, 6.45) is 4.87. The fourth-order valence-electron chi connectivity index (χ4n) is 2.19. The van der Waals surface area contributed by atoms with Gasteiger partial charge in [-0.15, -0.1) is 0 Å². The Morgan fingerprint density at radius 3 is 2.59 bits per heavy atom. The SMILES string of the molecule is COC(=O)/C=C/c1ccc(OCC(=O)N(C)CC(=O)NC2CC2)c(OC)c1. The van der Waals surface area contributed by atoms with Gasteiger partial charge >= 0.3 is 5.97 Å². The lowest BCUT2D eigenvalue weighted by Gasteiger charge is -2.18. The van der Waals surface area contributed by atoms with Gasteiger partial charge in [0, 0.05) is 19.2 Å². The van der Waals surface area contributed by atoms with Crippen LogP contribution in [0.25, 0.3) is 6.08 Å².